The number of anilines is 1. The van der Waals surface area contributed by atoms with Crippen molar-refractivity contribution in [1.29, 1.82) is 0 Å². The van der Waals surface area contributed by atoms with Crippen LogP contribution in [0.25, 0.3) is 0 Å². The molecule has 1 saturated carbocycles. The molecule has 2 aliphatic rings. The summed E-state index contributed by atoms with van der Waals surface area (Å²) in [6, 6.07) is 8.81. The third-order valence-electron chi connectivity index (χ3n) is 3.89. The fraction of sp³-hybridized carbons (Fsp3) is 0.429. The first-order chi connectivity index (χ1) is 8.70. The van der Waals surface area contributed by atoms with Crippen LogP contribution in [-0.2, 0) is 4.79 Å². The average molecular weight is 244 g/mol. The molecule has 94 valence electrons. The second-order valence-electron chi connectivity index (χ2n) is 5.16. The number of rotatable bonds is 1. The maximum atomic E-state index is 12.2. The van der Waals surface area contributed by atoms with E-state index in [2.05, 4.69) is 5.32 Å². The van der Waals surface area contributed by atoms with Gasteiger partial charge in [-0.3, -0.25) is 4.79 Å². The second-order valence-corrected chi connectivity index (χ2v) is 5.16. The minimum atomic E-state index is -0.278. The fourth-order valence-corrected chi connectivity index (χ4v) is 3.00. The molecule has 18 heavy (non-hydrogen) atoms. The van der Waals surface area contributed by atoms with E-state index in [-0.39, 0.29) is 17.5 Å². The molecule has 0 bridgehead atoms. The van der Waals surface area contributed by atoms with Gasteiger partial charge in [0.2, 0.25) is 5.91 Å². The molecule has 1 N–H and O–H groups in total. The van der Waals surface area contributed by atoms with Crippen molar-refractivity contribution in [3.05, 3.63) is 30.3 Å². The lowest BCUT2D eigenvalue weighted by Gasteiger charge is -2.38. The Kier molecular flexibility index (Phi) is 2.58. The van der Waals surface area contributed by atoms with E-state index in [1.54, 1.807) is 12.1 Å². The Bertz CT molecular complexity index is 458. The maximum absolute atomic E-state index is 12.2. The molecular weight excluding hydrogens is 228 g/mol. The van der Waals surface area contributed by atoms with Crippen molar-refractivity contribution in [2.75, 3.05) is 4.90 Å². The highest BCUT2D eigenvalue weighted by atomic mass is 16.2. The Labute approximate surface area is 106 Å². The molecular formula is C14H16N2O2. The summed E-state index contributed by atoms with van der Waals surface area (Å²) in [4.78, 5) is 25.6. The lowest BCUT2D eigenvalue weighted by atomic mass is 9.90. The Morgan fingerprint density at radius 1 is 1.06 bits per heavy atom. The van der Waals surface area contributed by atoms with Crippen LogP contribution in [0.15, 0.2) is 30.3 Å². The SMILES string of the molecule is O=C1CC2(CCCC2)NC(=O)N1c1ccccc1. The molecule has 1 aromatic carbocycles. The predicted octanol–water partition coefficient (Wildman–Crippen LogP) is 2.45. The van der Waals surface area contributed by atoms with E-state index in [0.717, 1.165) is 25.7 Å². The summed E-state index contributed by atoms with van der Waals surface area (Å²) in [6.07, 6.45) is 4.46. The van der Waals surface area contributed by atoms with Crippen molar-refractivity contribution in [3.8, 4) is 0 Å². The number of amides is 3. The van der Waals surface area contributed by atoms with E-state index in [0.29, 0.717) is 12.1 Å². The molecule has 0 unspecified atom stereocenters. The summed E-state index contributed by atoms with van der Waals surface area (Å²) >= 11 is 0. The zero-order chi connectivity index (χ0) is 12.6. The first-order valence-electron chi connectivity index (χ1n) is 6.40. The van der Waals surface area contributed by atoms with E-state index < -0.39 is 0 Å². The van der Waals surface area contributed by atoms with Crippen molar-refractivity contribution in [1.82, 2.24) is 5.32 Å². The first kappa shape index (κ1) is 11.3. The van der Waals surface area contributed by atoms with Gasteiger partial charge in [0.15, 0.2) is 0 Å². The highest BCUT2D eigenvalue weighted by Crippen LogP contribution is 2.36. The first-order valence-corrected chi connectivity index (χ1v) is 6.40. The molecule has 0 atom stereocenters. The molecule has 1 saturated heterocycles. The zero-order valence-electron chi connectivity index (χ0n) is 10.2. The highest BCUT2D eigenvalue weighted by Gasteiger charge is 2.44. The Morgan fingerprint density at radius 2 is 1.72 bits per heavy atom. The number of nitrogens with one attached hydrogen (secondary N) is 1. The van der Waals surface area contributed by atoms with Crippen molar-refractivity contribution < 1.29 is 9.59 Å². The zero-order valence-corrected chi connectivity index (χ0v) is 10.2. The molecule has 3 amide bonds. The van der Waals surface area contributed by atoms with Crippen molar-refractivity contribution in [2.45, 2.75) is 37.6 Å². The molecule has 3 rings (SSSR count). The normalized spacial score (nSPS) is 22.3. The van der Waals surface area contributed by atoms with E-state index in [1.165, 1.54) is 4.90 Å². The number of hydrogen-bond donors (Lipinski definition) is 1. The van der Waals surface area contributed by atoms with Crippen LogP contribution >= 0.6 is 0 Å². The number of hydrogen-bond acceptors (Lipinski definition) is 2. The van der Waals surface area contributed by atoms with Gasteiger partial charge in [-0.05, 0) is 25.0 Å². The molecule has 1 aliphatic heterocycles. The topological polar surface area (TPSA) is 49.4 Å². The number of urea groups is 1. The Balaban J connectivity index is 1.87. The lowest BCUT2D eigenvalue weighted by Crippen LogP contribution is -2.61. The van der Waals surface area contributed by atoms with Crippen LogP contribution in [-0.4, -0.2) is 17.5 Å². The van der Waals surface area contributed by atoms with Gasteiger partial charge in [-0.2, -0.15) is 0 Å². The van der Waals surface area contributed by atoms with Gasteiger partial charge in [-0.15, -0.1) is 0 Å². The van der Waals surface area contributed by atoms with Crippen LogP contribution in [0.4, 0.5) is 10.5 Å². The summed E-state index contributed by atoms with van der Waals surface area (Å²) in [6.45, 7) is 0. The van der Waals surface area contributed by atoms with Crippen LogP contribution in [0, 0.1) is 0 Å². The minimum Gasteiger partial charge on any atom is -0.331 e. The van der Waals surface area contributed by atoms with Crippen LogP contribution < -0.4 is 10.2 Å². The van der Waals surface area contributed by atoms with Gasteiger partial charge in [0.1, 0.15) is 0 Å². The van der Waals surface area contributed by atoms with Gasteiger partial charge in [0, 0.05) is 0 Å². The van der Waals surface area contributed by atoms with Gasteiger partial charge in [-0.1, -0.05) is 31.0 Å². The van der Waals surface area contributed by atoms with E-state index in [4.69, 9.17) is 0 Å². The summed E-state index contributed by atoms with van der Waals surface area (Å²) in [5.74, 6) is -0.0909. The van der Waals surface area contributed by atoms with Crippen LogP contribution in [0.3, 0.4) is 0 Å². The molecule has 2 fully saturated rings. The van der Waals surface area contributed by atoms with Crippen molar-refractivity contribution in [2.24, 2.45) is 0 Å². The molecule has 1 aromatic rings. The smallest absolute Gasteiger partial charge is 0.329 e. The summed E-state index contributed by atoms with van der Waals surface area (Å²) < 4.78 is 0. The number of imide groups is 1. The third-order valence-corrected chi connectivity index (χ3v) is 3.89. The maximum Gasteiger partial charge on any atom is 0.329 e. The van der Waals surface area contributed by atoms with E-state index >= 15 is 0 Å². The Hall–Kier alpha value is -1.84. The standard InChI is InChI=1S/C14H16N2O2/c17-12-10-14(8-4-5-9-14)15-13(18)16(12)11-6-2-1-3-7-11/h1-3,6-7H,4-5,8-10H2,(H,15,18). The van der Waals surface area contributed by atoms with E-state index in [1.807, 2.05) is 18.2 Å². The van der Waals surface area contributed by atoms with Crippen molar-refractivity contribution >= 4 is 17.6 Å². The number of nitrogens with zero attached hydrogens (tertiary/aromatic N) is 1. The third kappa shape index (κ3) is 1.78. The molecule has 1 aliphatic carbocycles. The van der Waals surface area contributed by atoms with Gasteiger partial charge in [0.05, 0.1) is 17.6 Å². The molecule has 4 heteroatoms. The quantitative estimate of drug-likeness (QED) is 0.825. The molecule has 1 heterocycles. The minimum absolute atomic E-state index is 0.0909. The lowest BCUT2D eigenvalue weighted by molar-refractivity contribution is -0.120. The second kappa shape index (κ2) is 4.12. The monoisotopic (exact) mass is 244 g/mol. The van der Waals surface area contributed by atoms with Crippen LogP contribution in [0.2, 0.25) is 0 Å². The molecule has 1 spiro atoms. The average Bonchev–Trinajstić information content (AvgIpc) is 2.77. The predicted molar refractivity (Wildman–Crippen MR) is 68.3 cm³/mol. The Morgan fingerprint density at radius 3 is 2.33 bits per heavy atom. The number of para-hydroxylation sites is 1. The van der Waals surface area contributed by atoms with Crippen LogP contribution in [0.1, 0.15) is 32.1 Å². The number of carbonyl (C=O) groups excluding carboxylic acids is 2. The molecule has 4 nitrogen and oxygen atoms in total. The highest BCUT2D eigenvalue weighted by molar-refractivity contribution is 6.16. The largest absolute Gasteiger partial charge is 0.331 e. The summed E-state index contributed by atoms with van der Waals surface area (Å²) in [7, 11) is 0. The van der Waals surface area contributed by atoms with E-state index in [9.17, 15) is 9.59 Å². The molecule has 0 aromatic heterocycles. The molecule has 0 radical (unpaired) electrons. The number of benzene rings is 1. The van der Waals surface area contributed by atoms with Crippen molar-refractivity contribution in [3.63, 3.8) is 0 Å². The fourth-order valence-electron chi connectivity index (χ4n) is 3.00. The van der Waals surface area contributed by atoms with Gasteiger partial charge in [-0.25, -0.2) is 9.69 Å². The van der Waals surface area contributed by atoms with Gasteiger partial charge in [0.25, 0.3) is 0 Å². The summed E-state index contributed by atoms with van der Waals surface area (Å²) in [5.41, 5.74) is 0.382. The van der Waals surface area contributed by atoms with Crippen LogP contribution in [0.5, 0.6) is 0 Å². The van der Waals surface area contributed by atoms with Gasteiger partial charge < -0.3 is 5.32 Å². The number of carbonyl (C=O) groups is 2. The summed E-state index contributed by atoms with van der Waals surface area (Å²) in [5, 5.41) is 3.04. The van der Waals surface area contributed by atoms with Gasteiger partial charge >= 0.3 is 6.03 Å².